The Hall–Kier alpha value is -0.960. The number of halogens is 2. The molecular formula is C10H12F2O. The van der Waals surface area contributed by atoms with Gasteiger partial charge < -0.3 is 5.11 Å². The van der Waals surface area contributed by atoms with Crippen LogP contribution in [0.1, 0.15) is 11.1 Å². The van der Waals surface area contributed by atoms with Crippen LogP contribution >= 0.6 is 0 Å². The van der Waals surface area contributed by atoms with Crippen LogP contribution in [0.4, 0.5) is 8.78 Å². The Balaban J connectivity index is 2.69. The molecule has 0 aliphatic rings. The van der Waals surface area contributed by atoms with Gasteiger partial charge in [-0.15, -0.1) is 0 Å². The summed E-state index contributed by atoms with van der Waals surface area (Å²) in [6.07, 6.45) is -0.399. The quantitative estimate of drug-likeness (QED) is 0.767. The fourth-order valence-corrected chi connectivity index (χ4v) is 1.06. The monoisotopic (exact) mass is 186 g/mol. The third-order valence-electron chi connectivity index (χ3n) is 1.81. The van der Waals surface area contributed by atoms with Gasteiger partial charge in [-0.25, -0.2) is 8.78 Å². The van der Waals surface area contributed by atoms with E-state index in [1.165, 1.54) is 0 Å². The standard InChI is InChI=1S/C10H12F2O/c1-8-2-4-9(5-3-8)6-10(11,12)7-13/h2-5,13H,6-7H2,1H3. The van der Waals surface area contributed by atoms with E-state index in [4.69, 9.17) is 5.11 Å². The molecule has 0 saturated heterocycles. The van der Waals surface area contributed by atoms with Crippen LogP contribution in [0.15, 0.2) is 24.3 Å². The largest absolute Gasteiger partial charge is 0.390 e. The molecule has 0 fully saturated rings. The van der Waals surface area contributed by atoms with Crippen molar-refractivity contribution in [1.29, 1.82) is 0 Å². The molecule has 0 unspecified atom stereocenters. The molecule has 1 rings (SSSR count). The summed E-state index contributed by atoms with van der Waals surface area (Å²) in [7, 11) is 0. The summed E-state index contributed by atoms with van der Waals surface area (Å²) >= 11 is 0. The maximum atomic E-state index is 12.7. The average molecular weight is 186 g/mol. The number of benzene rings is 1. The van der Waals surface area contributed by atoms with Crippen molar-refractivity contribution < 1.29 is 13.9 Å². The van der Waals surface area contributed by atoms with E-state index in [9.17, 15) is 8.78 Å². The third-order valence-corrected chi connectivity index (χ3v) is 1.81. The Kier molecular flexibility index (Phi) is 2.98. The van der Waals surface area contributed by atoms with Crippen molar-refractivity contribution in [2.75, 3.05) is 6.61 Å². The average Bonchev–Trinajstić information content (AvgIpc) is 2.09. The zero-order chi connectivity index (χ0) is 9.90. The Morgan fingerprint density at radius 2 is 1.77 bits per heavy atom. The van der Waals surface area contributed by atoms with Crippen molar-refractivity contribution >= 4 is 0 Å². The van der Waals surface area contributed by atoms with Gasteiger partial charge in [-0.3, -0.25) is 0 Å². The molecule has 1 aromatic rings. The van der Waals surface area contributed by atoms with Crippen LogP contribution < -0.4 is 0 Å². The minimum absolute atomic E-state index is 0.399. The van der Waals surface area contributed by atoms with Gasteiger partial charge in [0.25, 0.3) is 5.92 Å². The summed E-state index contributed by atoms with van der Waals surface area (Å²) in [5.41, 5.74) is 1.58. The van der Waals surface area contributed by atoms with E-state index in [2.05, 4.69) is 0 Å². The lowest BCUT2D eigenvalue weighted by molar-refractivity contribution is -0.0488. The summed E-state index contributed by atoms with van der Waals surface area (Å²) in [6.45, 7) is 0.800. The van der Waals surface area contributed by atoms with Crippen molar-refractivity contribution in [2.24, 2.45) is 0 Å². The molecule has 0 aliphatic carbocycles. The van der Waals surface area contributed by atoms with Gasteiger partial charge in [0, 0.05) is 6.42 Å². The fourth-order valence-electron chi connectivity index (χ4n) is 1.06. The van der Waals surface area contributed by atoms with E-state index in [1.54, 1.807) is 24.3 Å². The van der Waals surface area contributed by atoms with E-state index in [0.29, 0.717) is 5.56 Å². The van der Waals surface area contributed by atoms with Crippen LogP contribution in [0.2, 0.25) is 0 Å². The molecule has 0 aliphatic heterocycles. The summed E-state index contributed by atoms with van der Waals surface area (Å²) in [6, 6.07) is 6.86. The van der Waals surface area contributed by atoms with Crippen LogP contribution in [0.5, 0.6) is 0 Å². The van der Waals surface area contributed by atoms with Crippen LogP contribution in [0.25, 0.3) is 0 Å². The van der Waals surface area contributed by atoms with Crippen molar-refractivity contribution in [1.82, 2.24) is 0 Å². The van der Waals surface area contributed by atoms with Gasteiger partial charge in [0.1, 0.15) is 6.61 Å². The molecule has 13 heavy (non-hydrogen) atoms. The van der Waals surface area contributed by atoms with Crippen LogP contribution in [0, 0.1) is 6.92 Å². The van der Waals surface area contributed by atoms with Gasteiger partial charge in [0.2, 0.25) is 0 Å². The fraction of sp³-hybridized carbons (Fsp3) is 0.400. The maximum absolute atomic E-state index is 12.7. The lowest BCUT2D eigenvalue weighted by Crippen LogP contribution is -2.24. The highest BCUT2D eigenvalue weighted by Gasteiger charge is 2.27. The lowest BCUT2D eigenvalue weighted by atomic mass is 10.1. The zero-order valence-corrected chi connectivity index (χ0v) is 7.43. The summed E-state index contributed by atoms with van der Waals surface area (Å²) in [5.74, 6) is -3.00. The molecule has 0 atom stereocenters. The molecule has 0 aromatic heterocycles. The number of aryl methyl sites for hydroxylation is 1. The van der Waals surface area contributed by atoms with E-state index in [1.807, 2.05) is 6.92 Å². The topological polar surface area (TPSA) is 20.2 Å². The van der Waals surface area contributed by atoms with Gasteiger partial charge in [-0.1, -0.05) is 29.8 Å². The van der Waals surface area contributed by atoms with Crippen LogP contribution in [-0.4, -0.2) is 17.6 Å². The van der Waals surface area contributed by atoms with Crippen LogP contribution in [0.3, 0.4) is 0 Å². The van der Waals surface area contributed by atoms with E-state index >= 15 is 0 Å². The first-order chi connectivity index (χ1) is 6.03. The number of aliphatic hydroxyl groups excluding tert-OH is 1. The molecule has 1 nitrogen and oxygen atoms in total. The highest BCUT2D eigenvalue weighted by Crippen LogP contribution is 2.19. The molecule has 1 aromatic carbocycles. The zero-order valence-electron chi connectivity index (χ0n) is 7.43. The highest BCUT2D eigenvalue weighted by molar-refractivity contribution is 5.22. The third kappa shape index (κ3) is 3.11. The molecule has 1 N–H and O–H groups in total. The number of hydrogen-bond donors (Lipinski definition) is 1. The van der Waals surface area contributed by atoms with E-state index < -0.39 is 19.0 Å². The van der Waals surface area contributed by atoms with Gasteiger partial charge in [0.15, 0.2) is 0 Å². The molecule has 3 heteroatoms. The summed E-state index contributed by atoms with van der Waals surface area (Å²) in [5, 5.41) is 8.36. The first-order valence-electron chi connectivity index (χ1n) is 4.08. The molecule has 0 saturated carbocycles. The van der Waals surface area contributed by atoms with Gasteiger partial charge >= 0.3 is 0 Å². The second-order valence-electron chi connectivity index (χ2n) is 3.18. The minimum atomic E-state index is -3.00. The Morgan fingerprint density at radius 3 is 2.23 bits per heavy atom. The molecule has 0 bridgehead atoms. The smallest absolute Gasteiger partial charge is 0.274 e. The van der Waals surface area contributed by atoms with Crippen molar-refractivity contribution in [3.63, 3.8) is 0 Å². The lowest BCUT2D eigenvalue weighted by Gasteiger charge is -2.12. The summed E-state index contributed by atoms with van der Waals surface area (Å²) in [4.78, 5) is 0. The number of rotatable bonds is 3. The van der Waals surface area contributed by atoms with E-state index in [0.717, 1.165) is 5.56 Å². The van der Waals surface area contributed by atoms with Crippen LogP contribution in [-0.2, 0) is 6.42 Å². The number of hydrogen-bond acceptors (Lipinski definition) is 1. The molecular weight excluding hydrogens is 174 g/mol. The van der Waals surface area contributed by atoms with Crippen molar-refractivity contribution in [3.05, 3.63) is 35.4 Å². The predicted octanol–water partition coefficient (Wildman–Crippen LogP) is 2.17. The molecule has 0 radical (unpaired) electrons. The van der Waals surface area contributed by atoms with Gasteiger partial charge in [0.05, 0.1) is 0 Å². The molecule has 72 valence electrons. The number of aliphatic hydroxyl groups is 1. The minimum Gasteiger partial charge on any atom is -0.390 e. The Bertz CT molecular complexity index is 267. The predicted molar refractivity (Wildman–Crippen MR) is 46.9 cm³/mol. The molecule has 0 amide bonds. The SMILES string of the molecule is Cc1ccc(CC(F)(F)CO)cc1. The molecule has 0 heterocycles. The first-order valence-corrected chi connectivity index (χ1v) is 4.08. The van der Waals surface area contributed by atoms with Crippen molar-refractivity contribution in [3.8, 4) is 0 Å². The summed E-state index contributed by atoms with van der Waals surface area (Å²) < 4.78 is 25.4. The van der Waals surface area contributed by atoms with Gasteiger partial charge in [-0.05, 0) is 12.5 Å². The Labute approximate surface area is 76.0 Å². The van der Waals surface area contributed by atoms with E-state index in [-0.39, 0.29) is 0 Å². The first kappa shape index (κ1) is 10.1. The Morgan fingerprint density at radius 1 is 1.23 bits per heavy atom. The van der Waals surface area contributed by atoms with Gasteiger partial charge in [-0.2, -0.15) is 0 Å². The molecule has 0 spiro atoms. The second-order valence-corrected chi connectivity index (χ2v) is 3.18. The maximum Gasteiger partial charge on any atom is 0.274 e. The van der Waals surface area contributed by atoms with Crippen molar-refractivity contribution in [2.45, 2.75) is 19.3 Å². The normalized spacial score (nSPS) is 11.7. The second kappa shape index (κ2) is 3.83. The number of alkyl halides is 2. The highest BCUT2D eigenvalue weighted by atomic mass is 19.3.